The van der Waals surface area contributed by atoms with E-state index >= 15 is 4.39 Å². The molecule has 1 aliphatic rings. The minimum atomic E-state index is -1.63. The standard InChI is InChI=1S/C30H30F2N4O5/c1-16-11-18-12-19(13-22(40-4)26(18)36-35-16)28(38)33-15-30(24(37)9-10-41-30)23-14-21(29(2,3)39)25(32)27(34-23)17-5-7-20(31)8-6-17/h5-8,11-14,24,37,39H,9-10,15H2,1-4H3,(H,33,38)/t24-,30+/m0/s1. The molecule has 1 amide bonds. The quantitative estimate of drug-likeness (QED) is 0.308. The van der Waals surface area contributed by atoms with Crippen LogP contribution in [-0.4, -0.2) is 57.7 Å². The molecule has 9 nitrogen and oxygen atoms in total. The molecule has 4 aromatic rings. The number of carbonyl (C=O) groups is 1. The van der Waals surface area contributed by atoms with Gasteiger partial charge in [-0.15, -0.1) is 5.10 Å². The summed E-state index contributed by atoms with van der Waals surface area (Å²) in [6, 6.07) is 11.4. The molecule has 5 rings (SSSR count). The molecule has 1 aliphatic heterocycles. The number of aryl methyl sites for hydroxylation is 1. The number of aliphatic hydroxyl groups excluding tert-OH is 1. The number of methoxy groups -OCH3 is 1. The molecule has 0 bridgehead atoms. The number of benzene rings is 2. The average molecular weight is 565 g/mol. The van der Waals surface area contributed by atoms with Crippen LogP contribution in [-0.2, 0) is 15.9 Å². The number of nitrogens with zero attached hydrogens (tertiary/aromatic N) is 3. The molecule has 214 valence electrons. The fourth-order valence-electron chi connectivity index (χ4n) is 5.01. The van der Waals surface area contributed by atoms with Gasteiger partial charge in [-0.05, 0) is 69.3 Å². The first-order valence-corrected chi connectivity index (χ1v) is 13.0. The van der Waals surface area contributed by atoms with Crippen molar-refractivity contribution >= 4 is 16.8 Å². The Morgan fingerprint density at radius 3 is 2.54 bits per heavy atom. The summed E-state index contributed by atoms with van der Waals surface area (Å²) in [5.74, 6) is -1.41. The van der Waals surface area contributed by atoms with Crippen LogP contribution in [0.4, 0.5) is 8.78 Å². The predicted octanol–water partition coefficient (Wildman–Crippen LogP) is 3.92. The van der Waals surface area contributed by atoms with E-state index in [1.54, 1.807) is 19.1 Å². The van der Waals surface area contributed by atoms with Gasteiger partial charge in [0.15, 0.2) is 11.4 Å². The zero-order chi connectivity index (χ0) is 29.5. The van der Waals surface area contributed by atoms with E-state index in [-0.39, 0.29) is 47.7 Å². The second-order valence-electron chi connectivity index (χ2n) is 10.6. The van der Waals surface area contributed by atoms with Gasteiger partial charge in [-0.25, -0.2) is 13.8 Å². The average Bonchev–Trinajstić information content (AvgIpc) is 3.31. The molecule has 2 aromatic carbocycles. The van der Waals surface area contributed by atoms with Gasteiger partial charge in [0.2, 0.25) is 0 Å². The summed E-state index contributed by atoms with van der Waals surface area (Å²) in [6.07, 6.45) is -0.874. The first kappa shape index (κ1) is 28.5. The summed E-state index contributed by atoms with van der Waals surface area (Å²) < 4.78 is 40.8. The van der Waals surface area contributed by atoms with Gasteiger partial charge in [-0.1, -0.05) is 0 Å². The Kier molecular flexibility index (Phi) is 7.45. The second kappa shape index (κ2) is 10.7. The molecule has 1 saturated heterocycles. The molecule has 0 radical (unpaired) electrons. The molecule has 0 unspecified atom stereocenters. The van der Waals surface area contributed by atoms with Crippen LogP contribution in [0.3, 0.4) is 0 Å². The van der Waals surface area contributed by atoms with E-state index in [0.29, 0.717) is 22.3 Å². The van der Waals surface area contributed by atoms with Gasteiger partial charge in [0, 0.05) is 28.5 Å². The maximum atomic E-state index is 15.7. The number of fused-ring (bicyclic) bond motifs is 1. The van der Waals surface area contributed by atoms with Crippen molar-refractivity contribution in [3.8, 4) is 17.0 Å². The number of rotatable bonds is 7. The lowest BCUT2D eigenvalue weighted by Crippen LogP contribution is -2.48. The maximum Gasteiger partial charge on any atom is 0.251 e. The molecule has 41 heavy (non-hydrogen) atoms. The van der Waals surface area contributed by atoms with Gasteiger partial charge < -0.3 is 25.0 Å². The molecule has 1 fully saturated rings. The lowest BCUT2D eigenvalue weighted by Gasteiger charge is -2.33. The second-order valence-corrected chi connectivity index (χ2v) is 10.6. The van der Waals surface area contributed by atoms with E-state index in [2.05, 4.69) is 20.5 Å². The molecule has 3 N–H and O–H groups in total. The summed E-state index contributed by atoms with van der Waals surface area (Å²) in [5, 5.41) is 33.6. The van der Waals surface area contributed by atoms with E-state index in [1.165, 1.54) is 57.4 Å². The van der Waals surface area contributed by atoms with Crippen LogP contribution >= 0.6 is 0 Å². The van der Waals surface area contributed by atoms with Crippen LogP contribution in [0.2, 0.25) is 0 Å². The van der Waals surface area contributed by atoms with Crippen molar-refractivity contribution in [1.29, 1.82) is 0 Å². The zero-order valence-corrected chi connectivity index (χ0v) is 23.0. The third-order valence-electron chi connectivity index (χ3n) is 7.23. The third-order valence-corrected chi connectivity index (χ3v) is 7.23. The summed E-state index contributed by atoms with van der Waals surface area (Å²) in [4.78, 5) is 17.9. The van der Waals surface area contributed by atoms with E-state index in [9.17, 15) is 19.4 Å². The van der Waals surface area contributed by atoms with Crippen molar-refractivity contribution < 1.29 is 33.3 Å². The number of carbonyl (C=O) groups excluding carboxylic acids is 1. The lowest BCUT2D eigenvalue weighted by molar-refractivity contribution is -0.0634. The zero-order valence-electron chi connectivity index (χ0n) is 23.0. The number of ether oxygens (including phenoxy) is 2. The number of aromatic nitrogens is 3. The van der Waals surface area contributed by atoms with E-state index in [0.717, 1.165) is 0 Å². The largest absolute Gasteiger partial charge is 0.494 e. The first-order valence-electron chi connectivity index (χ1n) is 13.0. The van der Waals surface area contributed by atoms with Crippen molar-refractivity contribution in [2.45, 2.75) is 44.5 Å². The lowest BCUT2D eigenvalue weighted by atomic mass is 9.87. The number of hydrogen-bond acceptors (Lipinski definition) is 8. The van der Waals surface area contributed by atoms with Crippen molar-refractivity contribution in [2.24, 2.45) is 0 Å². The smallest absolute Gasteiger partial charge is 0.251 e. The molecular formula is C30H30F2N4O5. The van der Waals surface area contributed by atoms with Gasteiger partial charge >= 0.3 is 0 Å². The Balaban J connectivity index is 1.56. The maximum absolute atomic E-state index is 15.7. The minimum Gasteiger partial charge on any atom is -0.494 e. The highest BCUT2D eigenvalue weighted by molar-refractivity contribution is 5.99. The number of hydrogen-bond donors (Lipinski definition) is 3. The first-order chi connectivity index (χ1) is 19.4. The molecule has 2 atom stereocenters. The number of pyridine rings is 1. The Bertz CT molecular complexity index is 1620. The molecule has 0 saturated carbocycles. The van der Waals surface area contributed by atoms with Gasteiger partial charge in [-0.3, -0.25) is 4.79 Å². The summed E-state index contributed by atoms with van der Waals surface area (Å²) in [5.41, 5.74) is -1.60. The van der Waals surface area contributed by atoms with Crippen LogP contribution < -0.4 is 10.1 Å². The fraction of sp³-hybridized carbons (Fsp3) is 0.333. The van der Waals surface area contributed by atoms with Gasteiger partial charge in [-0.2, -0.15) is 5.10 Å². The topological polar surface area (TPSA) is 127 Å². The molecule has 0 spiro atoms. The van der Waals surface area contributed by atoms with Crippen LogP contribution in [0.25, 0.3) is 22.2 Å². The fourth-order valence-corrected chi connectivity index (χ4v) is 5.01. The molecule has 2 aromatic heterocycles. The van der Waals surface area contributed by atoms with Crippen LogP contribution in [0.15, 0.2) is 48.5 Å². The highest BCUT2D eigenvalue weighted by Crippen LogP contribution is 2.40. The van der Waals surface area contributed by atoms with E-state index in [4.69, 9.17) is 9.47 Å². The van der Waals surface area contributed by atoms with Crippen LogP contribution in [0, 0.1) is 18.6 Å². The van der Waals surface area contributed by atoms with E-state index < -0.39 is 34.8 Å². The normalized spacial score (nSPS) is 19.0. The Morgan fingerprint density at radius 2 is 1.90 bits per heavy atom. The predicted molar refractivity (Wildman–Crippen MR) is 146 cm³/mol. The minimum absolute atomic E-state index is 0.0917. The highest BCUT2D eigenvalue weighted by Gasteiger charge is 2.48. The molecule has 0 aliphatic carbocycles. The van der Waals surface area contributed by atoms with Gasteiger partial charge in [0.1, 0.15) is 22.8 Å². The van der Waals surface area contributed by atoms with Crippen molar-refractivity contribution in [3.63, 3.8) is 0 Å². The SMILES string of the molecule is COc1cc(C(=O)NC[C@]2(c3cc(C(C)(C)O)c(F)c(-c4ccc(F)cc4)n3)OCC[C@@H]2O)cc2cc(C)nnc12. The Hall–Kier alpha value is -4.06. The van der Waals surface area contributed by atoms with Crippen LogP contribution in [0.1, 0.15) is 47.6 Å². The summed E-state index contributed by atoms with van der Waals surface area (Å²) in [7, 11) is 1.47. The van der Waals surface area contributed by atoms with Gasteiger partial charge in [0.25, 0.3) is 5.91 Å². The Morgan fingerprint density at radius 1 is 1.17 bits per heavy atom. The number of aliphatic hydroxyl groups is 2. The highest BCUT2D eigenvalue weighted by atomic mass is 19.1. The number of nitrogens with one attached hydrogen (secondary N) is 1. The van der Waals surface area contributed by atoms with Crippen molar-refractivity contribution in [2.75, 3.05) is 20.3 Å². The van der Waals surface area contributed by atoms with E-state index in [1.807, 2.05) is 0 Å². The third kappa shape index (κ3) is 5.35. The molecule has 3 heterocycles. The van der Waals surface area contributed by atoms with Crippen molar-refractivity contribution in [3.05, 3.63) is 82.7 Å². The van der Waals surface area contributed by atoms with Crippen molar-refractivity contribution in [1.82, 2.24) is 20.5 Å². The number of amides is 1. The summed E-state index contributed by atoms with van der Waals surface area (Å²) in [6.45, 7) is 4.56. The molecular weight excluding hydrogens is 534 g/mol. The van der Waals surface area contributed by atoms with Gasteiger partial charge in [0.05, 0.1) is 43.4 Å². The monoisotopic (exact) mass is 564 g/mol. The summed E-state index contributed by atoms with van der Waals surface area (Å²) >= 11 is 0. The Labute approximate surface area is 235 Å². The number of halogens is 2. The van der Waals surface area contributed by atoms with Crippen LogP contribution in [0.5, 0.6) is 5.75 Å². The molecule has 11 heteroatoms.